The van der Waals surface area contributed by atoms with E-state index in [4.69, 9.17) is 15.2 Å². The number of alkyl halides is 3. The van der Waals surface area contributed by atoms with Crippen LogP contribution in [0, 0.1) is 11.7 Å². The molecule has 4 rings (SSSR count). The second-order valence-electron chi connectivity index (χ2n) is 7.63. The summed E-state index contributed by atoms with van der Waals surface area (Å²) in [5, 5.41) is 2.50. The fourth-order valence-corrected chi connectivity index (χ4v) is 4.16. The van der Waals surface area contributed by atoms with Crippen molar-refractivity contribution in [1.82, 2.24) is 9.97 Å². The Labute approximate surface area is 179 Å². The number of hydrogen-bond donors (Lipinski definition) is 2. The number of hydrogen-bond acceptors (Lipinski definition) is 7. The Morgan fingerprint density at radius 3 is 2.75 bits per heavy atom. The van der Waals surface area contributed by atoms with Gasteiger partial charge in [0.1, 0.15) is 29.8 Å². The lowest BCUT2D eigenvalue weighted by molar-refractivity contribution is -0.00299. The molecule has 170 valence electrons. The summed E-state index contributed by atoms with van der Waals surface area (Å²) in [5.74, 6) is -5.63. The lowest BCUT2D eigenvalue weighted by Crippen LogP contribution is -2.48. The number of carbonyl (C=O) groups is 1. The van der Waals surface area contributed by atoms with Gasteiger partial charge in [0.05, 0.1) is 19.5 Å². The average Bonchev–Trinajstić information content (AvgIpc) is 3.08. The number of nitrogens with one attached hydrogen (secondary N) is 1. The minimum Gasteiger partial charge on any atom is -0.480 e. The zero-order chi connectivity index (χ0) is 23.1. The fraction of sp³-hybridized carbons (Fsp3) is 0.400. The molecule has 1 aromatic heterocycles. The molecule has 1 saturated carbocycles. The molecule has 3 N–H and O–H groups in total. The Kier molecular flexibility index (Phi) is 5.39. The van der Waals surface area contributed by atoms with E-state index in [9.17, 15) is 22.4 Å². The Morgan fingerprint density at radius 2 is 2.09 bits per heavy atom. The van der Waals surface area contributed by atoms with Gasteiger partial charge < -0.3 is 20.5 Å². The van der Waals surface area contributed by atoms with Crippen molar-refractivity contribution in [3.05, 3.63) is 47.7 Å². The molecule has 0 spiro atoms. The zero-order valence-corrected chi connectivity index (χ0v) is 16.8. The Bertz CT molecular complexity index is 1070. The Balaban J connectivity index is 1.69. The molecule has 0 saturated heterocycles. The van der Waals surface area contributed by atoms with E-state index in [0.717, 1.165) is 12.1 Å². The Morgan fingerprint density at radius 1 is 1.31 bits per heavy atom. The number of aliphatic imine (C=N–C) groups is 1. The molecule has 0 bridgehead atoms. The van der Waals surface area contributed by atoms with E-state index in [1.807, 2.05) is 0 Å². The second-order valence-corrected chi connectivity index (χ2v) is 7.63. The van der Waals surface area contributed by atoms with Gasteiger partial charge in [-0.1, -0.05) is 0 Å². The van der Waals surface area contributed by atoms with Gasteiger partial charge in [-0.3, -0.25) is 4.79 Å². The number of nitrogens with two attached hydrogens (primary N) is 1. The standard InChI is InChI=1S/C20H19F4N5O3/c1-31-16-8-26-14(7-27-16)17(30)28-10-2-3-13(22)11(4-10)20(9-21)12-5-19(23,24)6-15(12)32-18(25)29-20/h2-4,7-8,12,15H,5-6,9H2,1H3,(H2,25,29)(H,28,30). The minimum absolute atomic E-state index is 0.0549. The van der Waals surface area contributed by atoms with Crippen molar-refractivity contribution < 1.29 is 31.8 Å². The van der Waals surface area contributed by atoms with E-state index in [0.29, 0.717) is 0 Å². The number of nitrogens with zero attached hydrogens (tertiary/aromatic N) is 3. The maximum atomic E-state index is 14.9. The van der Waals surface area contributed by atoms with Gasteiger partial charge in [0, 0.05) is 30.0 Å². The van der Waals surface area contributed by atoms with Crippen LogP contribution >= 0.6 is 0 Å². The summed E-state index contributed by atoms with van der Waals surface area (Å²) in [5.41, 5.74) is 3.34. The monoisotopic (exact) mass is 453 g/mol. The van der Waals surface area contributed by atoms with Crippen LogP contribution < -0.4 is 15.8 Å². The lowest BCUT2D eigenvalue weighted by atomic mass is 9.76. The van der Waals surface area contributed by atoms with Crippen LogP contribution in [0.15, 0.2) is 35.6 Å². The smallest absolute Gasteiger partial charge is 0.283 e. The van der Waals surface area contributed by atoms with Crippen LogP contribution in [0.4, 0.5) is 23.2 Å². The molecule has 1 amide bonds. The van der Waals surface area contributed by atoms with Gasteiger partial charge in [-0.05, 0) is 18.2 Å². The van der Waals surface area contributed by atoms with Crippen LogP contribution in [0.5, 0.6) is 5.88 Å². The molecule has 2 aromatic rings. The molecular weight excluding hydrogens is 434 g/mol. The van der Waals surface area contributed by atoms with Crippen molar-refractivity contribution >= 4 is 17.6 Å². The summed E-state index contributed by atoms with van der Waals surface area (Å²) >= 11 is 0. The molecule has 1 aromatic carbocycles. The van der Waals surface area contributed by atoms with Gasteiger partial charge in [-0.2, -0.15) is 0 Å². The van der Waals surface area contributed by atoms with E-state index in [1.165, 1.54) is 25.6 Å². The molecule has 3 unspecified atom stereocenters. The molecule has 32 heavy (non-hydrogen) atoms. The maximum Gasteiger partial charge on any atom is 0.283 e. The zero-order valence-electron chi connectivity index (χ0n) is 16.8. The summed E-state index contributed by atoms with van der Waals surface area (Å²) in [4.78, 5) is 24.2. The number of anilines is 1. The average molecular weight is 453 g/mol. The molecule has 0 radical (unpaired) electrons. The van der Waals surface area contributed by atoms with E-state index < -0.39 is 60.7 Å². The van der Waals surface area contributed by atoms with E-state index in [2.05, 4.69) is 20.3 Å². The van der Waals surface area contributed by atoms with E-state index >= 15 is 0 Å². The first kappa shape index (κ1) is 21.8. The quantitative estimate of drug-likeness (QED) is 0.674. The van der Waals surface area contributed by atoms with E-state index in [-0.39, 0.29) is 22.8 Å². The summed E-state index contributed by atoms with van der Waals surface area (Å²) in [7, 11) is 1.39. The van der Waals surface area contributed by atoms with Crippen LogP contribution in [0.1, 0.15) is 28.9 Å². The predicted molar refractivity (Wildman–Crippen MR) is 105 cm³/mol. The summed E-state index contributed by atoms with van der Waals surface area (Å²) < 4.78 is 67.6. The first-order chi connectivity index (χ1) is 15.2. The van der Waals surface area contributed by atoms with Gasteiger partial charge in [-0.15, -0.1) is 0 Å². The van der Waals surface area contributed by atoms with Crippen molar-refractivity contribution in [2.75, 3.05) is 19.1 Å². The van der Waals surface area contributed by atoms with Crippen molar-refractivity contribution in [2.24, 2.45) is 16.6 Å². The van der Waals surface area contributed by atoms with Crippen LogP contribution in [0.3, 0.4) is 0 Å². The molecule has 12 heteroatoms. The third kappa shape index (κ3) is 3.80. The highest BCUT2D eigenvalue weighted by Crippen LogP contribution is 2.53. The van der Waals surface area contributed by atoms with Crippen molar-refractivity contribution in [2.45, 2.75) is 30.4 Å². The maximum absolute atomic E-state index is 14.9. The van der Waals surface area contributed by atoms with Crippen LogP contribution in [0.2, 0.25) is 0 Å². The van der Waals surface area contributed by atoms with Gasteiger partial charge >= 0.3 is 0 Å². The Hall–Kier alpha value is -3.44. The van der Waals surface area contributed by atoms with Crippen molar-refractivity contribution in [3.63, 3.8) is 0 Å². The number of methoxy groups -OCH3 is 1. The van der Waals surface area contributed by atoms with Crippen LogP contribution in [-0.2, 0) is 10.3 Å². The fourth-order valence-electron chi connectivity index (χ4n) is 4.16. The number of rotatable bonds is 5. The highest BCUT2D eigenvalue weighted by atomic mass is 19.3. The largest absolute Gasteiger partial charge is 0.480 e. The second kappa shape index (κ2) is 7.92. The first-order valence-corrected chi connectivity index (χ1v) is 9.60. The van der Waals surface area contributed by atoms with Gasteiger partial charge in [0.2, 0.25) is 5.88 Å². The van der Waals surface area contributed by atoms with Gasteiger partial charge in [0.25, 0.3) is 17.9 Å². The summed E-state index contributed by atoms with van der Waals surface area (Å²) in [6.45, 7) is -1.29. The number of ether oxygens (including phenoxy) is 2. The molecule has 1 aliphatic carbocycles. The number of amidine groups is 1. The predicted octanol–water partition coefficient (Wildman–Crippen LogP) is 2.80. The molecule has 2 aliphatic rings. The number of aromatic nitrogens is 2. The normalized spacial score (nSPS) is 26.0. The van der Waals surface area contributed by atoms with Crippen LogP contribution in [-0.4, -0.2) is 47.7 Å². The summed E-state index contributed by atoms with van der Waals surface area (Å²) in [6, 6.07) is 2.89. The minimum atomic E-state index is -3.13. The molecule has 2 heterocycles. The van der Waals surface area contributed by atoms with E-state index in [1.54, 1.807) is 0 Å². The highest BCUT2D eigenvalue weighted by molar-refractivity contribution is 6.02. The number of benzene rings is 1. The number of fused-ring (bicyclic) bond motifs is 1. The molecule has 1 aliphatic heterocycles. The summed E-state index contributed by atoms with van der Waals surface area (Å²) in [6.07, 6.45) is -0.121. The molecule has 8 nitrogen and oxygen atoms in total. The molecule has 1 fully saturated rings. The molecule has 3 atom stereocenters. The third-order valence-electron chi connectivity index (χ3n) is 5.63. The number of amides is 1. The van der Waals surface area contributed by atoms with Crippen molar-refractivity contribution in [3.8, 4) is 5.88 Å². The topological polar surface area (TPSA) is 112 Å². The van der Waals surface area contributed by atoms with Crippen LogP contribution in [0.25, 0.3) is 0 Å². The van der Waals surface area contributed by atoms with Crippen molar-refractivity contribution in [1.29, 1.82) is 0 Å². The molecular formula is C20H19F4N5O3. The number of halogens is 4. The highest BCUT2D eigenvalue weighted by Gasteiger charge is 2.60. The third-order valence-corrected chi connectivity index (χ3v) is 5.63. The van der Waals surface area contributed by atoms with Gasteiger partial charge in [-0.25, -0.2) is 32.5 Å². The lowest BCUT2D eigenvalue weighted by Gasteiger charge is -2.40. The first-order valence-electron chi connectivity index (χ1n) is 9.60. The number of carbonyl (C=O) groups excluding carboxylic acids is 1. The van der Waals surface area contributed by atoms with Gasteiger partial charge in [0.15, 0.2) is 0 Å². The SMILES string of the molecule is COc1cnc(C(=O)Nc2ccc(F)c(C3(CF)N=C(N)OC4CC(F)(F)CC43)c2)cn1.